The second kappa shape index (κ2) is 12.0. The quantitative estimate of drug-likeness (QED) is 0.253. The maximum Gasteiger partial charge on any atom is 0.0757 e. The number of hydrogen-bond donors (Lipinski definition) is 4. The predicted molar refractivity (Wildman–Crippen MR) is 100.0 cm³/mol. The van der Waals surface area contributed by atoms with Crippen molar-refractivity contribution in [3.63, 3.8) is 0 Å². The molecule has 132 valence electrons. The van der Waals surface area contributed by atoms with Crippen molar-refractivity contribution >= 4 is 11.9 Å². The first-order valence-corrected chi connectivity index (χ1v) is 8.36. The largest absolute Gasteiger partial charge is 0.396 e. The van der Waals surface area contributed by atoms with Crippen molar-refractivity contribution < 1.29 is 5.11 Å². The summed E-state index contributed by atoms with van der Waals surface area (Å²) in [4.78, 5) is 4.39. The van der Waals surface area contributed by atoms with Crippen LogP contribution in [0.1, 0.15) is 40.5 Å². The van der Waals surface area contributed by atoms with E-state index in [9.17, 15) is 0 Å². The van der Waals surface area contributed by atoms with Crippen molar-refractivity contribution in [3.8, 4) is 0 Å². The van der Waals surface area contributed by atoms with Gasteiger partial charge in [0.05, 0.1) is 23.7 Å². The fourth-order valence-corrected chi connectivity index (χ4v) is 2.51. The lowest BCUT2D eigenvalue weighted by Crippen LogP contribution is -2.29. The normalized spacial score (nSPS) is 15.6. The molecule has 0 saturated carbocycles. The Morgan fingerprint density at radius 3 is 2.52 bits per heavy atom. The summed E-state index contributed by atoms with van der Waals surface area (Å²) >= 11 is 0. The van der Waals surface area contributed by atoms with E-state index in [2.05, 4.69) is 37.7 Å². The highest BCUT2D eigenvalue weighted by Gasteiger charge is 2.19. The predicted octanol–water partition coefficient (Wildman–Crippen LogP) is 2.72. The zero-order chi connectivity index (χ0) is 17.8. The Bertz CT molecular complexity index is 427. The van der Waals surface area contributed by atoms with Gasteiger partial charge in [-0.2, -0.15) is 0 Å². The minimum atomic E-state index is 0.0458. The van der Waals surface area contributed by atoms with Crippen LogP contribution >= 0.6 is 0 Å². The summed E-state index contributed by atoms with van der Waals surface area (Å²) in [7, 11) is 0. The monoisotopic (exact) mass is 322 g/mol. The molecule has 0 heterocycles. The molecule has 0 saturated heterocycles. The number of hydrogen-bond acceptors (Lipinski definition) is 5. The molecule has 0 aliphatic rings. The number of aliphatic hydroxyl groups is 1. The average Bonchev–Trinajstić information content (AvgIpc) is 2.51. The topological polar surface area (TPSA) is 94.5 Å². The third-order valence-corrected chi connectivity index (χ3v) is 3.80. The standard InChI is InChI=1S/C18H34N4O/c1-6-15(10-13(3)4)14(5)11-17(22-7-2)18(20)16(19)12-21-8-9-23/h6-7,13-15,19,21,23H,1,8-12,20H2,2-5H3/b18-17+,19-16?,22-7?. The number of nitrogens with zero attached hydrogens (tertiary/aromatic N) is 1. The number of nitrogens with two attached hydrogens (primary N) is 1. The molecule has 5 heteroatoms. The summed E-state index contributed by atoms with van der Waals surface area (Å²) in [6.45, 7) is 13.2. The van der Waals surface area contributed by atoms with E-state index in [-0.39, 0.29) is 6.61 Å². The number of rotatable bonds is 12. The van der Waals surface area contributed by atoms with Crippen LogP contribution in [0.25, 0.3) is 0 Å². The summed E-state index contributed by atoms with van der Waals surface area (Å²) in [6.07, 6.45) is 5.54. The van der Waals surface area contributed by atoms with E-state index in [1.165, 1.54) is 0 Å². The van der Waals surface area contributed by atoms with E-state index in [0.29, 0.717) is 42.3 Å². The Balaban J connectivity index is 5.04. The van der Waals surface area contributed by atoms with E-state index in [1.54, 1.807) is 6.21 Å². The van der Waals surface area contributed by atoms with Crippen LogP contribution in [0, 0.1) is 23.2 Å². The molecule has 0 aromatic heterocycles. The van der Waals surface area contributed by atoms with Crippen molar-refractivity contribution in [2.24, 2.45) is 28.5 Å². The van der Waals surface area contributed by atoms with Gasteiger partial charge in [0.1, 0.15) is 0 Å². The molecule has 0 aliphatic carbocycles. The number of nitrogens with one attached hydrogen (secondary N) is 2. The van der Waals surface area contributed by atoms with Crippen molar-refractivity contribution in [2.45, 2.75) is 40.5 Å². The van der Waals surface area contributed by atoms with Crippen LogP contribution < -0.4 is 11.1 Å². The molecule has 2 atom stereocenters. The van der Waals surface area contributed by atoms with Crippen LogP contribution in [0.3, 0.4) is 0 Å². The van der Waals surface area contributed by atoms with Crippen molar-refractivity contribution in [2.75, 3.05) is 19.7 Å². The Kier molecular flexibility index (Phi) is 11.3. The average molecular weight is 322 g/mol. The van der Waals surface area contributed by atoms with Gasteiger partial charge in [0.25, 0.3) is 0 Å². The number of aliphatic hydroxyl groups excluding tert-OH is 1. The van der Waals surface area contributed by atoms with Crippen LogP contribution in [0.2, 0.25) is 0 Å². The first kappa shape index (κ1) is 21.5. The highest BCUT2D eigenvalue weighted by atomic mass is 16.3. The maximum atomic E-state index is 8.78. The smallest absolute Gasteiger partial charge is 0.0757 e. The van der Waals surface area contributed by atoms with E-state index in [1.807, 2.05) is 13.0 Å². The Morgan fingerprint density at radius 1 is 1.39 bits per heavy atom. The van der Waals surface area contributed by atoms with Gasteiger partial charge in [-0.3, -0.25) is 4.99 Å². The van der Waals surface area contributed by atoms with Gasteiger partial charge in [-0.05, 0) is 37.5 Å². The van der Waals surface area contributed by atoms with Crippen molar-refractivity contribution in [3.05, 3.63) is 24.0 Å². The molecule has 0 radical (unpaired) electrons. The summed E-state index contributed by atoms with van der Waals surface area (Å²) in [5, 5.41) is 19.8. The van der Waals surface area contributed by atoms with Crippen LogP contribution in [-0.4, -0.2) is 36.7 Å². The van der Waals surface area contributed by atoms with Gasteiger partial charge in [0.2, 0.25) is 0 Å². The molecule has 0 rings (SSSR count). The van der Waals surface area contributed by atoms with Gasteiger partial charge in [0, 0.05) is 19.3 Å². The lowest BCUT2D eigenvalue weighted by Gasteiger charge is -2.23. The molecule has 0 aromatic rings. The molecule has 23 heavy (non-hydrogen) atoms. The zero-order valence-corrected chi connectivity index (χ0v) is 15.1. The van der Waals surface area contributed by atoms with Gasteiger partial charge < -0.3 is 21.6 Å². The lowest BCUT2D eigenvalue weighted by molar-refractivity contribution is 0.295. The fraction of sp³-hybridized carbons (Fsp3) is 0.667. The summed E-state index contributed by atoms with van der Waals surface area (Å²) in [6, 6.07) is 0. The van der Waals surface area contributed by atoms with Crippen molar-refractivity contribution in [1.82, 2.24) is 5.32 Å². The molecule has 2 unspecified atom stereocenters. The van der Waals surface area contributed by atoms with Gasteiger partial charge in [-0.15, -0.1) is 6.58 Å². The molecule has 5 N–H and O–H groups in total. The zero-order valence-electron chi connectivity index (χ0n) is 15.1. The van der Waals surface area contributed by atoms with Gasteiger partial charge in [0.15, 0.2) is 0 Å². The number of allylic oxidation sites excluding steroid dienone is 2. The molecule has 0 spiro atoms. The van der Waals surface area contributed by atoms with Gasteiger partial charge >= 0.3 is 0 Å². The summed E-state index contributed by atoms with van der Waals surface area (Å²) in [5.41, 5.74) is 7.62. The van der Waals surface area contributed by atoms with E-state index in [0.717, 1.165) is 18.5 Å². The SMILES string of the molecule is C=CC(CC(C)C)C(C)C/C(N=CC)=C(\N)C(=N)CNCCO. The molecule has 5 nitrogen and oxygen atoms in total. The Morgan fingerprint density at radius 2 is 2.04 bits per heavy atom. The molecule has 0 aliphatic heterocycles. The van der Waals surface area contributed by atoms with Crippen LogP contribution in [0.4, 0.5) is 0 Å². The van der Waals surface area contributed by atoms with E-state index >= 15 is 0 Å². The van der Waals surface area contributed by atoms with Crippen LogP contribution in [0.5, 0.6) is 0 Å². The number of aliphatic imine (C=N–C) groups is 1. The Labute approximate surface area is 141 Å². The summed E-state index contributed by atoms with van der Waals surface area (Å²) < 4.78 is 0. The minimum Gasteiger partial charge on any atom is -0.396 e. The molecular formula is C18H34N4O. The lowest BCUT2D eigenvalue weighted by atomic mass is 9.83. The molecule has 0 fully saturated rings. The highest BCUT2D eigenvalue weighted by molar-refractivity contribution is 5.99. The summed E-state index contributed by atoms with van der Waals surface area (Å²) in [5.74, 6) is 1.39. The van der Waals surface area contributed by atoms with Gasteiger partial charge in [-0.1, -0.05) is 26.8 Å². The van der Waals surface area contributed by atoms with Gasteiger partial charge in [-0.25, -0.2) is 0 Å². The maximum absolute atomic E-state index is 8.78. The third kappa shape index (κ3) is 8.67. The second-order valence-corrected chi connectivity index (χ2v) is 6.34. The molecular weight excluding hydrogens is 288 g/mol. The van der Waals surface area contributed by atoms with Crippen LogP contribution in [-0.2, 0) is 0 Å². The second-order valence-electron chi connectivity index (χ2n) is 6.34. The van der Waals surface area contributed by atoms with E-state index in [4.69, 9.17) is 16.2 Å². The highest BCUT2D eigenvalue weighted by Crippen LogP contribution is 2.27. The van der Waals surface area contributed by atoms with Crippen molar-refractivity contribution in [1.29, 1.82) is 5.41 Å². The van der Waals surface area contributed by atoms with Crippen LogP contribution in [0.15, 0.2) is 29.0 Å². The Hall–Kier alpha value is -1.46. The molecule has 0 bridgehead atoms. The first-order chi connectivity index (χ1) is 10.9. The van der Waals surface area contributed by atoms with E-state index < -0.39 is 0 Å². The molecule has 0 aromatic carbocycles. The molecule has 0 amide bonds. The minimum absolute atomic E-state index is 0.0458. The first-order valence-electron chi connectivity index (χ1n) is 8.36. The fourth-order valence-electron chi connectivity index (χ4n) is 2.51. The third-order valence-electron chi connectivity index (χ3n) is 3.80.